The molecule has 1 aliphatic heterocycles. The lowest BCUT2D eigenvalue weighted by atomic mass is 10.2. The molecule has 28 heavy (non-hydrogen) atoms. The summed E-state index contributed by atoms with van der Waals surface area (Å²) in [4.78, 5) is 32.8. The summed E-state index contributed by atoms with van der Waals surface area (Å²) in [5.41, 5.74) is 1.01. The van der Waals surface area contributed by atoms with Crippen LogP contribution in [0.1, 0.15) is 10.4 Å². The van der Waals surface area contributed by atoms with E-state index in [1.807, 2.05) is 0 Å². The number of anilines is 4. The fourth-order valence-corrected chi connectivity index (χ4v) is 2.98. The second-order valence-corrected chi connectivity index (χ2v) is 6.27. The number of hydrogen-bond donors (Lipinski definition) is 2. The van der Waals surface area contributed by atoms with E-state index >= 15 is 0 Å². The van der Waals surface area contributed by atoms with Crippen molar-refractivity contribution in [1.82, 2.24) is 19.9 Å². The molecule has 0 saturated carbocycles. The third-order valence-corrected chi connectivity index (χ3v) is 4.44. The molecule has 0 unspecified atom stereocenters. The van der Waals surface area contributed by atoms with Crippen LogP contribution in [0, 0.1) is 0 Å². The minimum Gasteiger partial charge on any atom is -0.478 e. The van der Waals surface area contributed by atoms with Crippen LogP contribution in [0.3, 0.4) is 0 Å². The summed E-state index contributed by atoms with van der Waals surface area (Å²) in [5.74, 6) is 1.10. The lowest BCUT2D eigenvalue weighted by molar-refractivity contribution is 0.0697. The number of benzene rings is 1. The molecule has 3 heterocycles. The van der Waals surface area contributed by atoms with Gasteiger partial charge in [-0.2, -0.15) is 4.98 Å². The number of nitrogens with one attached hydrogen (secondary N) is 1. The van der Waals surface area contributed by atoms with Gasteiger partial charge in [-0.1, -0.05) is 0 Å². The maximum absolute atomic E-state index is 10.9. The van der Waals surface area contributed by atoms with Crippen molar-refractivity contribution < 1.29 is 9.90 Å². The summed E-state index contributed by atoms with van der Waals surface area (Å²) in [5, 5.41) is 12.2. The Morgan fingerprint density at radius 1 is 0.857 bits per heavy atom. The standard InChI is InChI=1S/C19H19N7O2/c27-17(28)14-2-4-15(5-3-14)23-16-6-9-22-19(24-16)26-12-10-25(11-13-26)18-20-7-1-8-21-18/h1-9H,10-13H2,(H,27,28)(H,22,23,24). The van der Waals surface area contributed by atoms with E-state index in [-0.39, 0.29) is 5.56 Å². The molecule has 2 aromatic heterocycles. The van der Waals surface area contributed by atoms with E-state index in [1.54, 1.807) is 55.0 Å². The van der Waals surface area contributed by atoms with Crippen LogP contribution in [-0.4, -0.2) is 57.2 Å². The first-order valence-corrected chi connectivity index (χ1v) is 8.89. The van der Waals surface area contributed by atoms with E-state index in [1.165, 1.54) is 0 Å². The second-order valence-electron chi connectivity index (χ2n) is 6.27. The number of aromatic nitrogens is 4. The number of carboxylic acid groups (broad SMARTS) is 1. The Balaban J connectivity index is 1.41. The molecule has 142 valence electrons. The van der Waals surface area contributed by atoms with Crippen LogP contribution < -0.4 is 15.1 Å². The van der Waals surface area contributed by atoms with Crippen LogP contribution in [-0.2, 0) is 0 Å². The van der Waals surface area contributed by atoms with Crippen molar-refractivity contribution in [2.75, 3.05) is 41.3 Å². The number of carboxylic acids is 1. The van der Waals surface area contributed by atoms with Crippen molar-refractivity contribution in [1.29, 1.82) is 0 Å². The molecule has 1 fully saturated rings. The quantitative estimate of drug-likeness (QED) is 0.690. The predicted octanol–water partition coefficient (Wildman–Crippen LogP) is 2.03. The van der Waals surface area contributed by atoms with E-state index in [0.29, 0.717) is 11.8 Å². The highest BCUT2D eigenvalue weighted by molar-refractivity contribution is 5.88. The van der Waals surface area contributed by atoms with Crippen LogP contribution in [0.2, 0.25) is 0 Å². The Labute approximate surface area is 161 Å². The van der Waals surface area contributed by atoms with Crippen LogP contribution in [0.15, 0.2) is 55.0 Å². The highest BCUT2D eigenvalue weighted by Crippen LogP contribution is 2.19. The molecular weight excluding hydrogens is 358 g/mol. The maximum Gasteiger partial charge on any atom is 0.335 e. The van der Waals surface area contributed by atoms with Gasteiger partial charge in [0.05, 0.1) is 5.56 Å². The van der Waals surface area contributed by atoms with Gasteiger partial charge in [-0.05, 0) is 36.4 Å². The number of rotatable bonds is 5. The van der Waals surface area contributed by atoms with Crippen molar-refractivity contribution in [2.24, 2.45) is 0 Å². The van der Waals surface area contributed by atoms with E-state index in [9.17, 15) is 4.79 Å². The normalized spacial score (nSPS) is 14.0. The summed E-state index contributed by atoms with van der Waals surface area (Å²) in [7, 11) is 0. The zero-order chi connectivity index (χ0) is 19.3. The summed E-state index contributed by atoms with van der Waals surface area (Å²) in [6.07, 6.45) is 5.20. The Kier molecular flexibility index (Phi) is 4.96. The molecule has 9 nitrogen and oxygen atoms in total. The zero-order valence-electron chi connectivity index (χ0n) is 15.1. The molecule has 0 aliphatic carbocycles. The topological polar surface area (TPSA) is 107 Å². The van der Waals surface area contributed by atoms with Crippen molar-refractivity contribution in [2.45, 2.75) is 0 Å². The first kappa shape index (κ1) is 17.7. The minimum absolute atomic E-state index is 0.245. The van der Waals surface area contributed by atoms with Crippen LogP contribution >= 0.6 is 0 Å². The molecule has 0 atom stereocenters. The van der Waals surface area contributed by atoms with Gasteiger partial charge in [0.25, 0.3) is 0 Å². The monoisotopic (exact) mass is 377 g/mol. The molecule has 4 rings (SSSR count). The molecule has 3 aromatic rings. The van der Waals surface area contributed by atoms with Gasteiger partial charge in [0.15, 0.2) is 0 Å². The van der Waals surface area contributed by atoms with Crippen molar-refractivity contribution in [3.05, 3.63) is 60.6 Å². The van der Waals surface area contributed by atoms with Gasteiger partial charge in [-0.25, -0.2) is 19.7 Å². The maximum atomic E-state index is 10.9. The number of piperazine rings is 1. The first-order valence-electron chi connectivity index (χ1n) is 8.89. The van der Waals surface area contributed by atoms with Gasteiger partial charge in [-0.3, -0.25) is 0 Å². The van der Waals surface area contributed by atoms with E-state index < -0.39 is 5.97 Å². The molecule has 1 aromatic carbocycles. The van der Waals surface area contributed by atoms with Crippen molar-refractivity contribution >= 4 is 29.4 Å². The van der Waals surface area contributed by atoms with E-state index in [2.05, 4.69) is 35.1 Å². The number of aromatic carboxylic acids is 1. The molecule has 0 spiro atoms. The molecule has 0 bridgehead atoms. The molecular formula is C19H19N7O2. The van der Waals surface area contributed by atoms with Crippen molar-refractivity contribution in [3.8, 4) is 0 Å². The SMILES string of the molecule is O=C(O)c1ccc(Nc2ccnc(N3CCN(c4ncccn4)CC3)n2)cc1. The van der Waals surface area contributed by atoms with E-state index in [4.69, 9.17) is 5.11 Å². The van der Waals surface area contributed by atoms with Crippen LogP contribution in [0.25, 0.3) is 0 Å². The van der Waals surface area contributed by atoms with Gasteiger partial charge in [0.1, 0.15) is 5.82 Å². The minimum atomic E-state index is -0.948. The lowest BCUT2D eigenvalue weighted by Gasteiger charge is -2.34. The fraction of sp³-hybridized carbons (Fsp3) is 0.211. The van der Waals surface area contributed by atoms with Gasteiger partial charge in [-0.15, -0.1) is 0 Å². The first-order chi connectivity index (χ1) is 13.7. The predicted molar refractivity (Wildman–Crippen MR) is 105 cm³/mol. The largest absolute Gasteiger partial charge is 0.478 e. The second kappa shape index (κ2) is 7.87. The summed E-state index contributed by atoms with van der Waals surface area (Å²) < 4.78 is 0. The molecule has 2 N–H and O–H groups in total. The average molecular weight is 377 g/mol. The van der Waals surface area contributed by atoms with Gasteiger partial charge < -0.3 is 20.2 Å². The smallest absolute Gasteiger partial charge is 0.335 e. The summed E-state index contributed by atoms with van der Waals surface area (Å²) >= 11 is 0. The Morgan fingerprint density at radius 3 is 2.11 bits per heavy atom. The highest BCUT2D eigenvalue weighted by atomic mass is 16.4. The number of carbonyl (C=O) groups is 1. The highest BCUT2D eigenvalue weighted by Gasteiger charge is 2.20. The Bertz CT molecular complexity index is 942. The molecule has 1 saturated heterocycles. The fourth-order valence-electron chi connectivity index (χ4n) is 2.98. The lowest BCUT2D eigenvalue weighted by Crippen LogP contribution is -2.47. The zero-order valence-corrected chi connectivity index (χ0v) is 15.1. The number of hydrogen-bond acceptors (Lipinski definition) is 8. The third-order valence-electron chi connectivity index (χ3n) is 4.44. The van der Waals surface area contributed by atoms with E-state index in [0.717, 1.165) is 37.8 Å². The van der Waals surface area contributed by atoms with Crippen molar-refractivity contribution in [3.63, 3.8) is 0 Å². The van der Waals surface area contributed by atoms with Gasteiger partial charge >= 0.3 is 5.97 Å². The number of nitrogens with zero attached hydrogens (tertiary/aromatic N) is 6. The summed E-state index contributed by atoms with van der Waals surface area (Å²) in [6, 6.07) is 10.1. The van der Waals surface area contributed by atoms with Crippen LogP contribution in [0.4, 0.5) is 23.4 Å². The third kappa shape index (κ3) is 3.98. The molecule has 0 radical (unpaired) electrons. The molecule has 1 aliphatic rings. The van der Waals surface area contributed by atoms with Crippen LogP contribution in [0.5, 0.6) is 0 Å². The van der Waals surface area contributed by atoms with Gasteiger partial charge in [0.2, 0.25) is 11.9 Å². The van der Waals surface area contributed by atoms with Gasteiger partial charge in [0, 0.05) is 50.5 Å². The average Bonchev–Trinajstić information content (AvgIpc) is 2.75. The Hall–Kier alpha value is -3.75. The Morgan fingerprint density at radius 2 is 1.46 bits per heavy atom. The summed E-state index contributed by atoms with van der Waals surface area (Å²) in [6.45, 7) is 3.13. The molecule has 0 amide bonds. The molecule has 9 heteroatoms.